The Balaban J connectivity index is 2.13. The molecule has 3 rings (SSSR count). The predicted octanol–water partition coefficient (Wildman–Crippen LogP) is 5.31. The van der Waals surface area contributed by atoms with Gasteiger partial charge in [-0.05, 0) is 44.2 Å². The van der Waals surface area contributed by atoms with Gasteiger partial charge in [-0.2, -0.15) is 0 Å². The highest BCUT2D eigenvalue weighted by atomic mass is 14.7. The van der Waals surface area contributed by atoms with Gasteiger partial charge >= 0.3 is 0 Å². The molecule has 22 heavy (non-hydrogen) atoms. The molecule has 0 spiro atoms. The summed E-state index contributed by atoms with van der Waals surface area (Å²) in [6.45, 7) is 13.5. The second-order valence-electron chi connectivity index (χ2n) is 8.58. The highest BCUT2D eigenvalue weighted by molar-refractivity contribution is 5.79. The number of hydrogen-bond donors (Lipinski definition) is 1. The van der Waals surface area contributed by atoms with E-state index in [9.17, 15) is 0 Å². The Morgan fingerprint density at radius 1 is 0.682 bits per heavy atom. The van der Waals surface area contributed by atoms with Crippen molar-refractivity contribution in [1.29, 1.82) is 0 Å². The first-order valence-corrected chi connectivity index (χ1v) is 8.14. The lowest BCUT2D eigenvalue weighted by Crippen LogP contribution is -2.15. The summed E-state index contributed by atoms with van der Waals surface area (Å²) in [4.78, 5) is 0. The molecular formula is C21H27N. The van der Waals surface area contributed by atoms with Crippen molar-refractivity contribution in [3.8, 4) is 11.1 Å². The zero-order chi connectivity index (χ0) is 16.3. The third kappa shape index (κ3) is 2.38. The molecule has 0 unspecified atom stereocenters. The van der Waals surface area contributed by atoms with Gasteiger partial charge in [-0.1, -0.05) is 77.9 Å². The van der Waals surface area contributed by atoms with E-state index in [-0.39, 0.29) is 16.9 Å². The van der Waals surface area contributed by atoms with Gasteiger partial charge < -0.3 is 5.73 Å². The molecule has 0 atom stereocenters. The molecule has 116 valence electrons. The van der Waals surface area contributed by atoms with Crippen molar-refractivity contribution in [1.82, 2.24) is 0 Å². The minimum Gasteiger partial charge on any atom is -0.320 e. The van der Waals surface area contributed by atoms with Crippen LogP contribution in [0, 0.1) is 0 Å². The fourth-order valence-corrected chi connectivity index (χ4v) is 3.23. The molecule has 1 aliphatic carbocycles. The second kappa shape index (κ2) is 4.70. The van der Waals surface area contributed by atoms with E-state index in [1.807, 2.05) is 0 Å². The average Bonchev–Trinajstić information content (AvgIpc) is 2.70. The summed E-state index contributed by atoms with van der Waals surface area (Å²) in [5, 5.41) is 0. The maximum absolute atomic E-state index is 6.58. The third-order valence-electron chi connectivity index (χ3n) is 4.80. The Bertz CT molecular complexity index is 663. The molecule has 1 aliphatic rings. The Morgan fingerprint density at radius 3 is 1.36 bits per heavy atom. The fraction of sp³-hybridized carbons (Fsp3) is 0.429. The molecule has 0 aliphatic heterocycles. The van der Waals surface area contributed by atoms with Gasteiger partial charge in [-0.15, -0.1) is 0 Å². The monoisotopic (exact) mass is 293 g/mol. The number of benzene rings is 2. The van der Waals surface area contributed by atoms with Crippen LogP contribution in [-0.4, -0.2) is 0 Å². The first-order valence-electron chi connectivity index (χ1n) is 8.14. The maximum Gasteiger partial charge on any atom is 0.0564 e. The Labute approximate surface area is 134 Å². The average molecular weight is 293 g/mol. The zero-order valence-electron chi connectivity index (χ0n) is 14.6. The molecule has 1 heteroatoms. The molecule has 0 aromatic heterocycles. The molecule has 0 bridgehead atoms. The van der Waals surface area contributed by atoms with E-state index >= 15 is 0 Å². The molecule has 2 aromatic rings. The van der Waals surface area contributed by atoms with Crippen LogP contribution in [0.3, 0.4) is 0 Å². The maximum atomic E-state index is 6.58. The molecule has 0 saturated carbocycles. The van der Waals surface area contributed by atoms with Crippen LogP contribution in [0.15, 0.2) is 36.4 Å². The highest BCUT2D eigenvalue weighted by Crippen LogP contribution is 2.44. The van der Waals surface area contributed by atoms with Crippen LogP contribution in [0.2, 0.25) is 0 Å². The number of fused-ring (bicyclic) bond motifs is 3. The van der Waals surface area contributed by atoms with Gasteiger partial charge in [0.25, 0.3) is 0 Å². The van der Waals surface area contributed by atoms with Crippen LogP contribution < -0.4 is 5.73 Å². The van der Waals surface area contributed by atoms with Crippen LogP contribution in [-0.2, 0) is 10.8 Å². The van der Waals surface area contributed by atoms with Crippen LogP contribution in [0.25, 0.3) is 11.1 Å². The molecule has 1 nitrogen and oxygen atoms in total. The van der Waals surface area contributed by atoms with E-state index in [2.05, 4.69) is 77.9 Å². The summed E-state index contributed by atoms with van der Waals surface area (Å²) in [5.74, 6) is 0. The number of hydrogen-bond acceptors (Lipinski definition) is 1. The van der Waals surface area contributed by atoms with Gasteiger partial charge in [0, 0.05) is 0 Å². The molecular weight excluding hydrogens is 266 g/mol. The predicted molar refractivity (Wildman–Crippen MR) is 95.3 cm³/mol. The van der Waals surface area contributed by atoms with Gasteiger partial charge in [0.15, 0.2) is 0 Å². The van der Waals surface area contributed by atoms with Gasteiger partial charge in [0.05, 0.1) is 6.04 Å². The molecule has 2 N–H and O–H groups in total. The summed E-state index contributed by atoms with van der Waals surface area (Å²) >= 11 is 0. The van der Waals surface area contributed by atoms with Gasteiger partial charge in [-0.3, -0.25) is 0 Å². The molecule has 0 amide bonds. The van der Waals surface area contributed by atoms with E-state index < -0.39 is 0 Å². The fourth-order valence-electron chi connectivity index (χ4n) is 3.23. The van der Waals surface area contributed by atoms with E-state index in [0.29, 0.717) is 0 Å². The first-order chi connectivity index (χ1) is 10.1. The van der Waals surface area contributed by atoms with Crippen LogP contribution >= 0.6 is 0 Å². The first kappa shape index (κ1) is 15.3. The molecule has 0 radical (unpaired) electrons. The van der Waals surface area contributed by atoms with Crippen molar-refractivity contribution in [3.63, 3.8) is 0 Å². The minimum absolute atomic E-state index is 0.00500. The van der Waals surface area contributed by atoms with Crippen LogP contribution in [0.1, 0.15) is 69.8 Å². The SMILES string of the molecule is CC(C)(C)c1ccc2c(c1)C(N)c1cc(C(C)(C)C)ccc1-2. The number of nitrogens with two attached hydrogens (primary N) is 1. The summed E-state index contributed by atoms with van der Waals surface area (Å²) in [5.41, 5.74) is 14.7. The second-order valence-corrected chi connectivity index (χ2v) is 8.58. The normalized spacial score (nSPS) is 14.9. The summed E-state index contributed by atoms with van der Waals surface area (Å²) in [7, 11) is 0. The molecule has 0 heterocycles. The van der Waals surface area contributed by atoms with Crippen molar-refractivity contribution in [2.75, 3.05) is 0 Å². The quantitative estimate of drug-likeness (QED) is 0.700. The lowest BCUT2D eigenvalue weighted by molar-refractivity contribution is 0.588. The Morgan fingerprint density at radius 2 is 1.05 bits per heavy atom. The van der Waals surface area contributed by atoms with Crippen molar-refractivity contribution < 1.29 is 0 Å². The van der Waals surface area contributed by atoms with E-state index in [4.69, 9.17) is 5.73 Å². The van der Waals surface area contributed by atoms with E-state index in [1.54, 1.807) is 0 Å². The number of rotatable bonds is 0. The van der Waals surface area contributed by atoms with Crippen molar-refractivity contribution in [2.45, 2.75) is 58.4 Å². The van der Waals surface area contributed by atoms with Crippen LogP contribution in [0.5, 0.6) is 0 Å². The summed E-state index contributed by atoms with van der Waals surface area (Å²) < 4.78 is 0. The summed E-state index contributed by atoms with van der Waals surface area (Å²) in [6, 6.07) is 13.6. The topological polar surface area (TPSA) is 26.0 Å². The summed E-state index contributed by atoms with van der Waals surface area (Å²) in [6.07, 6.45) is 0. The third-order valence-corrected chi connectivity index (χ3v) is 4.80. The van der Waals surface area contributed by atoms with Gasteiger partial charge in [0.2, 0.25) is 0 Å². The van der Waals surface area contributed by atoms with Crippen molar-refractivity contribution in [3.05, 3.63) is 58.7 Å². The van der Waals surface area contributed by atoms with Crippen molar-refractivity contribution in [2.24, 2.45) is 5.73 Å². The Hall–Kier alpha value is -1.60. The standard InChI is InChI=1S/C21H27N/c1-20(2,3)13-7-9-15-16-10-8-14(21(4,5)6)12-18(16)19(22)17(15)11-13/h7-12,19H,22H2,1-6H3. The van der Waals surface area contributed by atoms with Crippen molar-refractivity contribution >= 4 is 0 Å². The zero-order valence-corrected chi connectivity index (χ0v) is 14.6. The molecule has 0 fully saturated rings. The van der Waals surface area contributed by atoms with E-state index in [1.165, 1.54) is 33.4 Å². The van der Waals surface area contributed by atoms with Crippen LogP contribution in [0.4, 0.5) is 0 Å². The highest BCUT2D eigenvalue weighted by Gasteiger charge is 2.29. The molecule has 2 aromatic carbocycles. The molecule has 0 saturated heterocycles. The minimum atomic E-state index is -0.00500. The van der Waals surface area contributed by atoms with Gasteiger partial charge in [0.1, 0.15) is 0 Å². The lowest BCUT2D eigenvalue weighted by Gasteiger charge is -2.21. The van der Waals surface area contributed by atoms with Gasteiger partial charge in [-0.25, -0.2) is 0 Å². The smallest absolute Gasteiger partial charge is 0.0564 e. The largest absolute Gasteiger partial charge is 0.320 e. The van der Waals surface area contributed by atoms with E-state index in [0.717, 1.165) is 0 Å². The Kier molecular flexibility index (Phi) is 3.27. The lowest BCUT2D eigenvalue weighted by atomic mass is 9.85.